The van der Waals surface area contributed by atoms with E-state index in [1.807, 2.05) is 7.05 Å². The molecule has 0 spiro atoms. The summed E-state index contributed by atoms with van der Waals surface area (Å²) in [7, 11) is 4.14. The fraction of sp³-hybridized carbons (Fsp3) is 0.636. The van der Waals surface area contributed by atoms with Gasteiger partial charge in [-0.25, -0.2) is 0 Å². The van der Waals surface area contributed by atoms with Crippen LogP contribution in [-0.2, 0) is 4.74 Å². The van der Waals surface area contributed by atoms with Gasteiger partial charge in [0, 0.05) is 18.0 Å². The standard InChI is InChI=1S/C11H17BrN2OS/c1-13-7-8-11(14(2)5-6-15-8)9-3-4-10(12)16-9/h3-4,8,11,13H,5-7H2,1-2H3. The van der Waals surface area contributed by atoms with Crippen molar-refractivity contribution >= 4 is 27.3 Å². The van der Waals surface area contributed by atoms with Crippen LogP contribution >= 0.6 is 27.3 Å². The van der Waals surface area contributed by atoms with E-state index < -0.39 is 0 Å². The number of morpholine rings is 1. The molecule has 2 unspecified atom stereocenters. The number of likely N-dealkylation sites (N-methyl/N-ethyl adjacent to an activating group) is 2. The van der Waals surface area contributed by atoms with Crippen molar-refractivity contribution in [2.24, 2.45) is 0 Å². The van der Waals surface area contributed by atoms with E-state index in [0.29, 0.717) is 6.04 Å². The van der Waals surface area contributed by atoms with Crippen molar-refractivity contribution in [1.29, 1.82) is 0 Å². The highest BCUT2D eigenvalue weighted by Crippen LogP contribution is 2.34. The van der Waals surface area contributed by atoms with Crippen LogP contribution < -0.4 is 5.32 Å². The van der Waals surface area contributed by atoms with Crippen LogP contribution in [0.3, 0.4) is 0 Å². The molecule has 0 amide bonds. The maximum absolute atomic E-state index is 5.85. The van der Waals surface area contributed by atoms with Crippen molar-refractivity contribution in [1.82, 2.24) is 10.2 Å². The molecule has 0 bridgehead atoms. The first-order chi connectivity index (χ1) is 7.72. The second kappa shape index (κ2) is 5.60. The molecule has 0 radical (unpaired) electrons. The number of hydrogen-bond donors (Lipinski definition) is 1. The van der Waals surface area contributed by atoms with Crippen molar-refractivity contribution in [3.8, 4) is 0 Å². The Hall–Kier alpha value is 0.0600. The highest BCUT2D eigenvalue weighted by atomic mass is 79.9. The Labute approximate surface area is 109 Å². The zero-order valence-corrected chi connectivity index (χ0v) is 12.0. The van der Waals surface area contributed by atoms with E-state index in [1.165, 1.54) is 8.66 Å². The van der Waals surface area contributed by atoms with Gasteiger partial charge in [-0.15, -0.1) is 11.3 Å². The first kappa shape index (κ1) is 12.5. The summed E-state index contributed by atoms with van der Waals surface area (Å²) in [5.41, 5.74) is 0. The minimum Gasteiger partial charge on any atom is -0.374 e. The molecule has 0 aromatic carbocycles. The average Bonchev–Trinajstić information content (AvgIpc) is 2.65. The third-order valence-electron chi connectivity index (χ3n) is 2.89. The molecule has 2 atom stereocenters. The molecule has 1 aliphatic heterocycles. The molecular formula is C11H17BrN2OS. The Morgan fingerprint density at radius 1 is 1.62 bits per heavy atom. The van der Waals surface area contributed by atoms with Crippen LogP contribution in [0.4, 0.5) is 0 Å². The minimum absolute atomic E-state index is 0.245. The summed E-state index contributed by atoms with van der Waals surface area (Å²) in [6, 6.07) is 4.67. The second-order valence-corrected chi connectivity index (χ2v) is 6.53. The summed E-state index contributed by atoms with van der Waals surface area (Å²) in [5, 5.41) is 3.21. The van der Waals surface area contributed by atoms with E-state index in [2.05, 4.69) is 45.3 Å². The number of nitrogens with zero attached hydrogens (tertiary/aromatic N) is 1. The number of nitrogens with one attached hydrogen (secondary N) is 1. The minimum atomic E-state index is 0.245. The highest BCUT2D eigenvalue weighted by molar-refractivity contribution is 9.11. The normalized spacial score (nSPS) is 27.2. The van der Waals surface area contributed by atoms with Crippen LogP contribution in [0.15, 0.2) is 15.9 Å². The van der Waals surface area contributed by atoms with Crippen molar-refractivity contribution in [3.05, 3.63) is 20.8 Å². The molecule has 0 aliphatic carbocycles. The maximum atomic E-state index is 5.85. The van der Waals surface area contributed by atoms with Gasteiger partial charge in [0.05, 0.1) is 22.5 Å². The van der Waals surface area contributed by atoms with Gasteiger partial charge < -0.3 is 10.1 Å². The van der Waals surface area contributed by atoms with Crippen molar-refractivity contribution in [3.63, 3.8) is 0 Å². The molecule has 1 aromatic rings. The smallest absolute Gasteiger partial charge is 0.0904 e. The van der Waals surface area contributed by atoms with Gasteiger partial charge in [-0.3, -0.25) is 4.90 Å². The molecule has 2 heterocycles. The molecule has 5 heteroatoms. The SMILES string of the molecule is CNCC1OCCN(C)C1c1ccc(Br)s1. The Morgan fingerprint density at radius 2 is 2.44 bits per heavy atom. The number of ether oxygens (including phenoxy) is 1. The van der Waals surface area contributed by atoms with Crippen LogP contribution in [0, 0.1) is 0 Å². The summed E-state index contributed by atoms with van der Waals surface area (Å²) in [6.07, 6.45) is 0.245. The van der Waals surface area contributed by atoms with Gasteiger partial charge in [0.2, 0.25) is 0 Å². The molecule has 1 fully saturated rings. The fourth-order valence-corrected chi connectivity index (χ4v) is 3.76. The van der Waals surface area contributed by atoms with Crippen LogP contribution in [0.1, 0.15) is 10.9 Å². The average molecular weight is 305 g/mol. The number of thiophene rings is 1. The lowest BCUT2D eigenvalue weighted by Gasteiger charge is -2.38. The molecule has 16 heavy (non-hydrogen) atoms. The quantitative estimate of drug-likeness (QED) is 0.925. The van der Waals surface area contributed by atoms with Crippen LogP contribution in [0.25, 0.3) is 0 Å². The third-order valence-corrected chi connectivity index (χ3v) is 4.59. The predicted molar refractivity (Wildman–Crippen MR) is 71.1 cm³/mol. The summed E-state index contributed by atoms with van der Waals surface area (Å²) in [6.45, 7) is 2.72. The van der Waals surface area contributed by atoms with Gasteiger partial charge >= 0.3 is 0 Å². The first-order valence-corrected chi connectivity index (χ1v) is 7.05. The van der Waals surface area contributed by atoms with Gasteiger partial charge in [0.25, 0.3) is 0 Å². The van der Waals surface area contributed by atoms with E-state index in [1.54, 1.807) is 11.3 Å². The number of halogens is 1. The van der Waals surface area contributed by atoms with Gasteiger partial charge in [0.1, 0.15) is 0 Å². The van der Waals surface area contributed by atoms with E-state index >= 15 is 0 Å². The number of rotatable bonds is 3. The lowest BCUT2D eigenvalue weighted by molar-refractivity contribution is -0.0594. The molecule has 90 valence electrons. The Bertz CT molecular complexity index is 342. The summed E-state index contributed by atoms with van der Waals surface area (Å²) >= 11 is 5.32. The van der Waals surface area contributed by atoms with Crippen LogP contribution in [-0.4, -0.2) is 44.8 Å². The molecular weight excluding hydrogens is 288 g/mol. The van der Waals surface area contributed by atoms with E-state index in [0.717, 1.165) is 19.7 Å². The molecule has 1 saturated heterocycles. The fourth-order valence-electron chi connectivity index (χ4n) is 2.12. The topological polar surface area (TPSA) is 24.5 Å². The monoisotopic (exact) mass is 304 g/mol. The Kier molecular flexibility index (Phi) is 4.38. The molecule has 2 rings (SSSR count). The van der Waals surface area contributed by atoms with E-state index in [-0.39, 0.29) is 6.10 Å². The van der Waals surface area contributed by atoms with Gasteiger partial charge in [-0.2, -0.15) is 0 Å². The van der Waals surface area contributed by atoms with Crippen molar-refractivity contribution < 1.29 is 4.74 Å². The second-order valence-electron chi connectivity index (χ2n) is 4.03. The molecule has 3 nitrogen and oxygen atoms in total. The summed E-state index contributed by atoms with van der Waals surface area (Å²) in [5.74, 6) is 0. The predicted octanol–water partition coefficient (Wildman–Crippen LogP) is 2.10. The lowest BCUT2D eigenvalue weighted by Crippen LogP contribution is -2.46. The van der Waals surface area contributed by atoms with E-state index in [4.69, 9.17) is 4.74 Å². The van der Waals surface area contributed by atoms with Gasteiger partial charge in [-0.1, -0.05) is 0 Å². The Morgan fingerprint density at radius 3 is 3.06 bits per heavy atom. The summed E-state index contributed by atoms with van der Waals surface area (Å²) in [4.78, 5) is 3.75. The van der Waals surface area contributed by atoms with Crippen molar-refractivity contribution in [2.45, 2.75) is 12.1 Å². The largest absolute Gasteiger partial charge is 0.374 e. The molecule has 0 saturated carbocycles. The van der Waals surface area contributed by atoms with E-state index in [9.17, 15) is 0 Å². The molecule has 1 aliphatic rings. The lowest BCUT2D eigenvalue weighted by atomic mass is 10.1. The summed E-state index contributed by atoms with van der Waals surface area (Å²) < 4.78 is 7.04. The zero-order valence-electron chi connectivity index (χ0n) is 9.57. The highest BCUT2D eigenvalue weighted by Gasteiger charge is 2.31. The first-order valence-electron chi connectivity index (χ1n) is 5.44. The van der Waals surface area contributed by atoms with Crippen molar-refractivity contribution in [2.75, 3.05) is 33.8 Å². The maximum Gasteiger partial charge on any atom is 0.0904 e. The zero-order chi connectivity index (χ0) is 11.5. The third kappa shape index (κ3) is 2.65. The number of hydrogen-bond acceptors (Lipinski definition) is 4. The van der Waals surface area contributed by atoms with Gasteiger partial charge in [-0.05, 0) is 42.2 Å². The van der Waals surface area contributed by atoms with Crippen LogP contribution in [0.2, 0.25) is 0 Å². The Balaban J connectivity index is 2.18. The molecule has 1 aromatic heterocycles. The van der Waals surface area contributed by atoms with Gasteiger partial charge in [0.15, 0.2) is 0 Å². The van der Waals surface area contributed by atoms with Crippen LogP contribution in [0.5, 0.6) is 0 Å². The molecule has 1 N–H and O–H groups in total.